The van der Waals surface area contributed by atoms with E-state index in [4.69, 9.17) is 22.4 Å². The Labute approximate surface area is 188 Å². The van der Waals surface area contributed by atoms with Gasteiger partial charge >= 0.3 is 0 Å². The second-order valence-electron chi connectivity index (χ2n) is 7.04. The molecule has 1 saturated heterocycles. The second kappa shape index (κ2) is 8.20. The van der Waals surface area contributed by atoms with Crippen LogP contribution in [0, 0.1) is 5.82 Å². The summed E-state index contributed by atoms with van der Waals surface area (Å²) in [4.78, 5) is 23.0. The van der Waals surface area contributed by atoms with E-state index in [9.17, 15) is 9.18 Å². The topological polar surface area (TPSA) is 94.3 Å². The summed E-state index contributed by atoms with van der Waals surface area (Å²) in [5.41, 5.74) is 6.34. The van der Waals surface area contributed by atoms with Crippen LogP contribution in [0.1, 0.15) is 24.7 Å². The highest BCUT2D eigenvalue weighted by molar-refractivity contribution is 7.59. The third-order valence-electron chi connectivity index (χ3n) is 5.24. The molecular formula is C20H19ClFN7OS. The lowest BCUT2D eigenvalue weighted by Gasteiger charge is -2.27. The Hall–Kier alpha value is -3.11. The molecular weight excluding hydrogens is 441 g/mol. The van der Waals surface area contributed by atoms with Crippen molar-refractivity contribution < 1.29 is 4.39 Å². The molecule has 31 heavy (non-hydrogen) atoms. The highest BCUT2D eigenvalue weighted by atomic mass is 35.5. The molecule has 0 spiro atoms. The number of benzene rings is 1. The maximum atomic E-state index is 14.5. The molecule has 3 aromatic heterocycles. The number of anilines is 2. The van der Waals surface area contributed by atoms with E-state index < -0.39 is 5.82 Å². The van der Waals surface area contributed by atoms with Crippen molar-refractivity contribution in [2.75, 3.05) is 17.2 Å². The number of fused-ring (bicyclic) bond motifs is 1. The third kappa shape index (κ3) is 3.51. The van der Waals surface area contributed by atoms with E-state index in [0.29, 0.717) is 29.5 Å². The average molecular weight is 460 g/mol. The molecule has 5 rings (SSSR count). The molecule has 160 valence electrons. The number of hydrogen-bond acceptors (Lipinski definition) is 6. The predicted octanol–water partition coefficient (Wildman–Crippen LogP) is 3.10. The lowest BCUT2D eigenvalue weighted by molar-refractivity contribution is 0.570. The summed E-state index contributed by atoms with van der Waals surface area (Å²) >= 11 is 6.25. The Morgan fingerprint density at radius 3 is 2.74 bits per heavy atom. The van der Waals surface area contributed by atoms with Crippen LogP contribution in [0.15, 0.2) is 53.6 Å². The summed E-state index contributed by atoms with van der Waals surface area (Å²) in [5, 5.41) is 5.02. The van der Waals surface area contributed by atoms with Crippen LogP contribution in [0.4, 0.5) is 16.2 Å². The van der Waals surface area contributed by atoms with Crippen molar-refractivity contribution in [3.8, 4) is 5.69 Å². The van der Waals surface area contributed by atoms with Crippen LogP contribution in [-0.2, 0) is 0 Å². The first-order valence-corrected chi connectivity index (χ1v) is 9.82. The monoisotopic (exact) mass is 459 g/mol. The van der Waals surface area contributed by atoms with Gasteiger partial charge in [-0.2, -0.15) is 23.6 Å². The zero-order chi connectivity index (χ0) is 20.8. The summed E-state index contributed by atoms with van der Waals surface area (Å²) in [5.74, 6) is -0.0163. The molecule has 1 atom stereocenters. The summed E-state index contributed by atoms with van der Waals surface area (Å²) in [6.45, 7) is 0.549. The van der Waals surface area contributed by atoms with Gasteiger partial charge in [-0.3, -0.25) is 9.36 Å². The van der Waals surface area contributed by atoms with Crippen LogP contribution < -0.4 is 16.2 Å². The van der Waals surface area contributed by atoms with Gasteiger partial charge in [-0.25, -0.2) is 13.9 Å². The van der Waals surface area contributed by atoms with Gasteiger partial charge in [0.05, 0.1) is 22.9 Å². The number of aromatic nitrogens is 5. The quantitative estimate of drug-likeness (QED) is 0.506. The molecule has 0 unspecified atom stereocenters. The lowest BCUT2D eigenvalue weighted by atomic mass is 10.2. The normalized spacial score (nSPS) is 15.9. The van der Waals surface area contributed by atoms with Gasteiger partial charge in [0, 0.05) is 12.7 Å². The van der Waals surface area contributed by atoms with Crippen LogP contribution in [-0.4, -0.2) is 30.7 Å². The van der Waals surface area contributed by atoms with E-state index in [1.807, 2.05) is 30.3 Å². The lowest BCUT2D eigenvalue weighted by Crippen LogP contribution is -2.33. The Bertz CT molecular complexity index is 1310. The summed E-state index contributed by atoms with van der Waals surface area (Å²) < 4.78 is 17.5. The van der Waals surface area contributed by atoms with Gasteiger partial charge in [0.15, 0.2) is 17.5 Å². The van der Waals surface area contributed by atoms with Crippen molar-refractivity contribution in [1.82, 2.24) is 24.1 Å². The first-order chi connectivity index (χ1) is 14.5. The standard InChI is InChI=1S/C20H17ClFN7O.H2S/c21-13-8-10-28-16(13)19(30)29(12-5-2-1-3-6-12)18(26-28)15-7-4-9-27(15)17-14(22)11-24-20(23)25-17;/h1-3,5-6,8,10-11,15H,4,7,9H2,(H2,23,24,25);1H2/t15-;/m0./s1. The highest BCUT2D eigenvalue weighted by Gasteiger charge is 2.34. The molecule has 1 aromatic carbocycles. The zero-order valence-electron chi connectivity index (χ0n) is 16.2. The van der Waals surface area contributed by atoms with E-state index in [-0.39, 0.29) is 42.4 Å². The van der Waals surface area contributed by atoms with Gasteiger partial charge in [-0.05, 0) is 31.0 Å². The molecule has 4 aromatic rings. The van der Waals surface area contributed by atoms with E-state index in [2.05, 4.69) is 9.97 Å². The molecule has 2 N–H and O–H groups in total. The number of para-hydroxylation sites is 1. The fraction of sp³-hybridized carbons (Fsp3) is 0.200. The Morgan fingerprint density at radius 2 is 1.97 bits per heavy atom. The Morgan fingerprint density at radius 1 is 1.19 bits per heavy atom. The third-order valence-corrected chi connectivity index (χ3v) is 5.55. The number of hydrogen-bond donors (Lipinski definition) is 1. The Kier molecular flexibility index (Phi) is 5.59. The van der Waals surface area contributed by atoms with Gasteiger partial charge in [-0.15, -0.1) is 0 Å². The van der Waals surface area contributed by atoms with E-state index >= 15 is 0 Å². The van der Waals surface area contributed by atoms with Crippen molar-refractivity contribution in [2.24, 2.45) is 0 Å². The molecule has 8 nitrogen and oxygen atoms in total. The van der Waals surface area contributed by atoms with E-state index in [1.165, 1.54) is 9.08 Å². The molecule has 0 amide bonds. The number of halogens is 2. The zero-order valence-corrected chi connectivity index (χ0v) is 18.0. The molecule has 0 saturated carbocycles. The van der Waals surface area contributed by atoms with Gasteiger partial charge < -0.3 is 10.6 Å². The first-order valence-electron chi connectivity index (χ1n) is 9.44. The largest absolute Gasteiger partial charge is 0.368 e. The Balaban J connectivity index is 0.00000231. The maximum absolute atomic E-state index is 14.5. The van der Waals surface area contributed by atoms with Crippen LogP contribution >= 0.6 is 25.1 Å². The van der Waals surface area contributed by atoms with Crippen molar-refractivity contribution in [2.45, 2.75) is 18.9 Å². The van der Waals surface area contributed by atoms with Gasteiger partial charge in [0.25, 0.3) is 5.56 Å². The predicted molar refractivity (Wildman–Crippen MR) is 122 cm³/mol. The number of rotatable bonds is 3. The molecule has 0 bridgehead atoms. The summed E-state index contributed by atoms with van der Waals surface area (Å²) in [7, 11) is 0. The van der Waals surface area contributed by atoms with Crippen molar-refractivity contribution >= 4 is 42.4 Å². The summed E-state index contributed by atoms with van der Waals surface area (Å²) in [6, 6.07) is 10.4. The number of nitrogens with zero attached hydrogens (tertiary/aromatic N) is 6. The number of nitrogens with two attached hydrogens (primary N) is 1. The highest BCUT2D eigenvalue weighted by Crippen LogP contribution is 2.36. The minimum Gasteiger partial charge on any atom is -0.368 e. The van der Waals surface area contributed by atoms with Gasteiger partial charge in [-0.1, -0.05) is 29.8 Å². The SMILES string of the molecule is Nc1ncc(F)c(N2CCC[C@H]2c2nn3ccc(Cl)c3c(=O)n2-c2ccccc2)n1.S. The molecule has 0 aliphatic carbocycles. The molecule has 4 heterocycles. The molecule has 1 fully saturated rings. The van der Waals surface area contributed by atoms with E-state index in [1.54, 1.807) is 17.2 Å². The fourth-order valence-electron chi connectivity index (χ4n) is 3.95. The van der Waals surface area contributed by atoms with Crippen LogP contribution in [0.5, 0.6) is 0 Å². The number of nitrogen functional groups attached to an aromatic ring is 1. The molecule has 1 aliphatic rings. The molecule has 1 aliphatic heterocycles. The van der Waals surface area contributed by atoms with Gasteiger partial charge in [0.1, 0.15) is 5.52 Å². The van der Waals surface area contributed by atoms with Crippen molar-refractivity contribution in [3.63, 3.8) is 0 Å². The van der Waals surface area contributed by atoms with E-state index in [0.717, 1.165) is 12.6 Å². The maximum Gasteiger partial charge on any atom is 0.284 e. The molecule has 11 heteroatoms. The minimum absolute atomic E-state index is 0. The first kappa shape index (κ1) is 21.1. The minimum atomic E-state index is -0.574. The smallest absolute Gasteiger partial charge is 0.284 e. The van der Waals surface area contributed by atoms with Crippen LogP contribution in [0.2, 0.25) is 5.02 Å². The average Bonchev–Trinajstić information content (AvgIpc) is 3.37. The second-order valence-corrected chi connectivity index (χ2v) is 7.45. The fourth-order valence-corrected chi connectivity index (χ4v) is 4.17. The van der Waals surface area contributed by atoms with Crippen LogP contribution in [0.25, 0.3) is 11.2 Å². The van der Waals surface area contributed by atoms with Gasteiger partial charge in [0.2, 0.25) is 5.95 Å². The van der Waals surface area contributed by atoms with Crippen LogP contribution in [0.3, 0.4) is 0 Å². The van der Waals surface area contributed by atoms with Crippen molar-refractivity contribution in [3.05, 3.63) is 75.8 Å². The van der Waals surface area contributed by atoms with Crippen molar-refractivity contribution in [1.29, 1.82) is 0 Å². The molecule has 0 radical (unpaired) electrons. The summed E-state index contributed by atoms with van der Waals surface area (Å²) in [6.07, 6.45) is 4.15.